The fraction of sp³-hybridized carbons (Fsp3) is 0.500. The van der Waals surface area contributed by atoms with Crippen LogP contribution in [0.3, 0.4) is 0 Å². The molecule has 0 aromatic heterocycles. The lowest BCUT2D eigenvalue weighted by Gasteiger charge is -2.25. The number of hydrogen-bond acceptors (Lipinski definition) is 2. The molecule has 1 N–H and O–H groups in total. The summed E-state index contributed by atoms with van der Waals surface area (Å²) in [6, 6.07) is 11.3. The second-order valence-electron chi connectivity index (χ2n) is 5.09. The summed E-state index contributed by atoms with van der Waals surface area (Å²) in [5.41, 5.74) is 1.29. The van der Waals surface area contributed by atoms with E-state index in [-0.39, 0.29) is 12.4 Å². The van der Waals surface area contributed by atoms with E-state index < -0.39 is 0 Å². The third-order valence-electron chi connectivity index (χ3n) is 3.67. The minimum absolute atomic E-state index is 0. The smallest absolute Gasteiger partial charge is 0.0166 e. The number of nitrogens with zero attached hydrogens (tertiary/aromatic N) is 1. The molecule has 0 radical (unpaired) electrons. The zero-order valence-electron chi connectivity index (χ0n) is 11.7. The maximum Gasteiger partial charge on any atom is 0.0166 e. The number of benzene rings is 1. The Kier molecular flexibility index (Phi) is 7.80. The highest BCUT2D eigenvalue weighted by Crippen LogP contribution is 2.11. The van der Waals surface area contributed by atoms with E-state index in [1.165, 1.54) is 31.4 Å². The van der Waals surface area contributed by atoms with Gasteiger partial charge in [0.05, 0.1) is 0 Å². The molecule has 3 heteroatoms. The van der Waals surface area contributed by atoms with Gasteiger partial charge in [0.1, 0.15) is 0 Å². The number of halogens is 1. The first-order chi connectivity index (χ1) is 8.86. The van der Waals surface area contributed by atoms with Crippen LogP contribution < -0.4 is 5.32 Å². The Morgan fingerprint density at radius 1 is 1.21 bits per heavy atom. The van der Waals surface area contributed by atoms with Crippen LogP contribution in [0.2, 0.25) is 0 Å². The molecule has 106 valence electrons. The first-order valence-corrected chi connectivity index (χ1v) is 6.99. The molecule has 0 saturated carbocycles. The second kappa shape index (κ2) is 9.13. The highest BCUT2D eigenvalue weighted by molar-refractivity contribution is 5.85. The molecule has 19 heavy (non-hydrogen) atoms. The van der Waals surface area contributed by atoms with Crippen molar-refractivity contribution in [1.29, 1.82) is 0 Å². The lowest BCUT2D eigenvalue weighted by atomic mass is 10.1. The fourth-order valence-electron chi connectivity index (χ4n) is 2.51. The summed E-state index contributed by atoms with van der Waals surface area (Å²) in [5.74, 6) is 0. The van der Waals surface area contributed by atoms with Gasteiger partial charge in [0.2, 0.25) is 0 Å². The van der Waals surface area contributed by atoms with E-state index in [0.29, 0.717) is 0 Å². The van der Waals surface area contributed by atoms with Gasteiger partial charge in [0.15, 0.2) is 0 Å². The van der Waals surface area contributed by atoms with Crippen molar-refractivity contribution in [3.63, 3.8) is 0 Å². The molecule has 1 aliphatic rings. The summed E-state index contributed by atoms with van der Waals surface area (Å²) in [4.78, 5) is 2.48. The van der Waals surface area contributed by atoms with Gasteiger partial charge in [-0.1, -0.05) is 42.5 Å². The minimum atomic E-state index is 0. The summed E-state index contributed by atoms with van der Waals surface area (Å²) in [7, 11) is 2.24. The molecule has 1 atom stereocenters. The molecule has 1 aromatic rings. The van der Waals surface area contributed by atoms with Gasteiger partial charge < -0.3 is 5.32 Å². The normalized spacial score (nSPS) is 20.2. The summed E-state index contributed by atoms with van der Waals surface area (Å²) < 4.78 is 0. The van der Waals surface area contributed by atoms with Gasteiger partial charge in [-0.3, -0.25) is 4.90 Å². The van der Waals surface area contributed by atoms with Crippen molar-refractivity contribution < 1.29 is 0 Å². The zero-order chi connectivity index (χ0) is 12.6. The molecule has 1 saturated heterocycles. The number of likely N-dealkylation sites (N-methyl/N-ethyl adjacent to an activating group) is 1. The van der Waals surface area contributed by atoms with Gasteiger partial charge in [0, 0.05) is 12.6 Å². The van der Waals surface area contributed by atoms with Gasteiger partial charge in [-0.25, -0.2) is 0 Å². The summed E-state index contributed by atoms with van der Waals surface area (Å²) in [5, 5.41) is 3.47. The third-order valence-corrected chi connectivity index (χ3v) is 3.67. The Labute approximate surface area is 123 Å². The van der Waals surface area contributed by atoms with Crippen molar-refractivity contribution >= 4 is 18.5 Å². The quantitative estimate of drug-likeness (QED) is 0.911. The molecule has 2 nitrogen and oxygen atoms in total. The number of hydrogen-bond donors (Lipinski definition) is 1. The largest absolute Gasteiger partial charge is 0.317 e. The summed E-state index contributed by atoms with van der Waals surface area (Å²) in [6.45, 7) is 3.39. The molecule has 1 aliphatic heterocycles. The molecule has 1 aromatic carbocycles. The van der Waals surface area contributed by atoms with Crippen molar-refractivity contribution in [2.24, 2.45) is 0 Å². The van der Waals surface area contributed by atoms with Crippen molar-refractivity contribution in [3.05, 3.63) is 42.0 Å². The molecular weight excluding hydrogens is 256 g/mol. The van der Waals surface area contributed by atoms with Gasteiger partial charge in [0.25, 0.3) is 0 Å². The van der Waals surface area contributed by atoms with E-state index in [1.54, 1.807) is 0 Å². The van der Waals surface area contributed by atoms with Crippen LogP contribution in [0.5, 0.6) is 0 Å². The van der Waals surface area contributed by atoms with Gasteiger partial charge in [-0.15, -0.1) is 12.4 Å². The van der Waals surface area contributed by atoms with E-state index in [2.05, 4.69) is 59.7 Å². The first kappa shape index (κ1) is 16.2. The van der Waals surface area contributed by atoms with E-state index in [4.69, 9.17) is 0 Å². The molecule has 0 bridgehead atoms. The van der Waals surface area contributed by atoms with Crippen LogP contribution in [0.25, 0.3) is 6.08 Å². The van der Waals surface area contributed by atoms with Crippen LogP contribution in [-0.2, 0) is 0 Å². The van der Waals surface area contributed by atoms with Gasteiger partial charge in [-0.05, 0) is 45.0 Å². The standard InChI is InChI=1S/C16H24N2.ClH/c1-18(16-10-5-12-17-13-11-16)14-6-9-15-7-3-2-4-8-15;/h2-4,6-9,16-17H,5,10-14H2,1H3;1H/b9-6+;. The molecule has 0 amide bonds. The van der Waals surface area contributed by atoms with Crippen LogP contribution in [-0.4, -0.2) is 37.6 Å². The van der Waals surface area contributed by atoms with Crippen molar-refractivity contribution in [3.8, 4) is 0 Å². The summed E-state index contributed by atoms with van der Waals surface area (Å²) in [6.07, 6.45) is 8.38. The van der Waals surface area contributed by atoms with Crippen LogP contribution in [0.1, 0.15) is 24.8 Å². The molecular formula is C16H25ClN2. The maximum atomic E-state index is 3.47. The predicted molar refractivity (Wildman–Crippen MR) is 85.9 cm³/mol. The average molecular weight is 281 g/mol. The third kappa shape index (κ3) is 5.77. The average Bonchev–Trinajstić information content (AvgIpc) is 2.69. The van der Waals surface area contributed by atoms with E-state index >= 15 is 0 Å². The van der Waals surface area contributed by atoms with Crippen LogP contribution in [0.4, 0.5) is 0 Å². The predicted octanol–water partition coefficient (Wildman–Crippen LogP) is 3.20. The Bertz CT molecular complexity index is 356. The zero-order valence-corrected chi connectivity index (χ0v) is 12.5. The van der Waals surface area contributed by atoms with Crippen molar-refractivity contribution in [2.45, 2.75) is 25.3 Å². The Morgan fingerprint density at radius 3 is 2.79 bits per heavy atom. The Hall–Kier alpha value is -0.830. The summed E-state index contributed by atoms with van der Waals surface area (Å²) >= 11 is 0. The van der Waals surface area contributed by atoms with Crippen LogP contribution in [0.15, 0.2) is 36.4 Å². The number of rotatable bonds is 4. The highest BCUT2D eigenvalue weighted by Gasteiger charge is 2.15. The van der Waals surface area contributed by atoms with Gasteiger partial charge in [-0.2, -0.15) is 0 Å². The SMILES string of the molecule is CN(C/C=C/c1ccccc1)C1CCCNCC1.Cl. The van der Waals surface area contributed by atoms with Crippen molar-refractivity contribution in [1.82, 2.24) is 10.2 Å². The number of nitrogens with one attached hydrogen (secondary N) is 1. The molecule has 0 aliphatic carbocycles. The highest BCUT2D eigenvalue weighted by atomic mass is 35.5. The lowest BCUT2D eigenvalue weighted by Crippen LogP contribution is -2.32. The molecule has 2 rings (SSSR count). The van der Waals surface area contributed by atoms with Crippen molar-refractivity contribution in [2.75, 3.05) is 26.7 Å². The topological polar surface area (TPSA) is 15.3 Å². The molecule has 1 unspecified atom stereocenters. The lowest BCUT2D eigenvalue weighted by molar-refractivity contribution is 0.247. The Balaban J connectivity index is 0.00000180. The fourth-order valence-corrected chi connectivity index (χ4v) is 2.51. The van der Waals surface area contributed by atoms with Gasteiger partial charge >= 0.3 is 0 Å². The van der Waals surface area contributed by atoms with Crippen LogP contribution in [0, 0.1) is 0 Å². The van der Waals surface area contributed by atoms with E-state index in [1.807, 2.05) is 0 Å². The van der Waals surface area contributed by atoms with E-state index in [9.17, 15) is 0 Å². The van der Waals surface area contributed by atoms with Crippen LogP contribution >= 0.6 is 12.4 Å². The first-order valence-electron chi connectivity index (χ1n) is 6.99. The monoisotopic (exact) mass is 280 g/mol. The minimum Gasteiger partial charge on any atom is -0.317 e. The maximum absolute atomic E-state index is 3.47. The molecule has 1 heterocycles. The second-order valence-corrected chi connectivity index (χ2v) is 5.09. The Morgan fingerprint density at radius 2 is 2.00 bits per heavy atom. The van der Waals surface area contributed by atoms with E-state index in [0.717, 1.165) is 19.1 Å². The molecule has 0 spiro atoms. The molecule has 1 fully saturated rings.